The lowest BCUT2D eigenvalue weighted by Gasteiger charge is -2.34. The highest BCUT2D eigenvalue weighted by atomic mass is 35.5. The Balaban J connectivity index is 1.80. The summed E-state index contributed by atoms with van der Waals surface area (Å²) >= 11 is 6.15. The van der Waals surface area contributed by atoms with E-state index in [2.05, 4.69) is 5.32 Å². The molecule has 1 atom stereocenters. The number of anilines is 1. The fourth-order valence-electron chi connectivity index (χ4n) is 4.96. The molecular formula is C36H40ClN3O5S. The minimum atomic E-state index is -4.24. The first-order chi connectivity index (χ1) is 22.0. The highest BCUT2D eigenvalue weighted by Gasteiger charge is 2.35. The number of carbonyl (C=O) groups is 2. The fraction of sp³-hybridized carbons (Fsp3) is 0.278. The van der Waals surface area contributed by atoms with Crippen LogP contribution in [0.1, 0.15) is 30.5 Å². The molecule has 2 amide bonds. The Morgan fingerprint density at radius 2 is 1.50 bits per heavy atom. The van der Waals surface area contributed by atoms with Gasteiger partial charge in [-0.1, -0.05) is 80.0 Å². The Morgan fingerprint density at radius 1 is 0.870 bits per heavy atom. The summed E-state index contributed by atoms with van der Waals surface area (Å²) in [7, 11) is -2.75. The van der Waals surface area contributed by atoms with Gasteiger partial charge in [-0.15, -0.1) is 0 Å². The smallest absolute Gasteiger partial charge is 0.264 e. The van der Waals surface area contributed by atoms with E-state index in [0.717, 1.165) is 21.0 Å². The number of benzene rings is 4. The van der Waals surface area contributed by atoms with E-state index in [1.165, 1.54) is 24.1 Å². The van der Waals surface area contributed by atoms with Crippen LogP contribution in [0.2, 0.25) is 5.02 Å². The molecule has 1 N–H and O–H groups in total. The Hall–Kier alpha value is -4.34. The van der Waals surface area contributed by atoms with Gasteiger partial charge in [0.05, 0.1) is 17.7 Å². The van der Waals surface area contributed by atoms with Crippen molar-refractivity contribution >= 4 is 39.1 Å². The highest BCUT2D eigenvalue weighted by molar-refractivity contribution is 7.92. The normalized spacial score (nSPS) is 12.0. The van der Waals surface area contributed by atoms with Crippen LogP contribution in [-0.2, 0) is 32.6 Å². The van der Waals surface area contributed by atoms with Gasteiger partial charge in [-0.25, -0.2) is 8.42 Å². The Bertz CT molecular complexity index is 1710. The third-order valence-corrected chi connectivity index (χ3v) is 9.64. The van der Waals surface area contributed by atoms with E-state index in [-0.39, 0.29) is 35.4 Å². The second-order valence-corrected chi connectivity index (χ2v) is 13.8. The summed E-state index contributed by atoms with van der Waals surface area (Å²) in [5.74, 6) is -0.156. The number of rotatable bonds is 14. The molecule has 10 heteroatoms. The monoisotopic (exact) mass is 661 g/mol. The van der Waals surface area contributed by atoms with Crippen molar-refractivity contribution in [1.29, 1.82) is 0 Å². The van der Waals surface area contributed by atoms with E-state index in [1.54, 1.807) is 36.4 Å². The summed E-state index contributed by atoms with van der Waals surface area (Å²) < 4.78 is 34.6. The second kappa shape index (κ2) is 15.8. The zero-order valence-electron chi connectivity index (χ0n) is 26.5. The number of halogens is 1. The lowest BCUT2D eigenvalue weighted by atomic mass is 10.0. The van der Waals surface area contributed by atoms with Crippen molar-refractivity contribution < 1.29 is 22.7 Å². The molecule has 0 aliphatic rings. The molecule has 0 aliphatic heterocycles. The summed E-state index contributed by atoms with van der Waals surface area (Å²) in [5.41, 5.74) is 2.92. The summed E-state index contributed by atoms with van der Waals surface area (Å²) in [6, 6.07) is 28.4. The number of nitrogens with one attached hydrogen (secondary N) is 1. The Morgan fingerprint density at radius 3 is 2.11 bits per heavy atom. The molecule has 0 heterocycles. The summed E-state index contributed by atoms with van der Waals surface area (Å²) in [4.78, 5) is 29.9. The van der Waals surface area contributed by atoms with Gasteiger partial charge in [-0.2, -0.15) is 0 Å². The number of aryl methyl sites for hydroxylation is 1. The lowest BCUT2D eigenvalue weighted by molar-refractivity contribution is -0.140. The predicted octanol–water partition coefficient (Wildman–Crippen LogP) is 6.26. The molecule has 242 valence electrons. The number of hydrogen-bond acceptors (Lipinski definition) is 5. The Kier molecular flexibility index (Phi) is 11.8. The number of amides is 2. The van der Waals surface area contributed by atoms with Crippen molar-refractivity contribution in [2.75, 3.05) is 24.5 Å². The summed E-state index contributed by atoms with van der Waals surface area (Å²) in [5, 5.41) is 3.42. The summed E-state index contributed by atoms with van der Waals surface area (Å²) in [6.45, 7) is 5.92. The molecule has 4 aromatic rings. The average Bonchev–Trinajstić information content (AvgIpc) is 3.05. The van der Waals surface area contributed by atoms with Crippen molar-refractivity contribution in [3.63, 3.8) is 0 Å². The molecule has 46 heavy (non-hydrogen) atoms. The van der Waals surface area contributed by atoms with Gasteiger partial charge < -0.3 is 15.0 Å². The standard InChI is InChI=1S/C36H40ClN3O5S/c1-26(2)23-38-36(42)34(22-28-11-6-5-7-12-28)39(24-29-13-9-8-10-27(29)3)35(41)25-40(31-16-14-30(37)15-17-31)46(43,44)33-20-18-32(45-4)19-21-33/h5-21,26,34H,22-25H2,1-4H3,(H,38,42)/t34-/m1/s1. The number of hydrogen-bond donors (Lipinski definition) is 1. The van der Waals surface area contributed by atoms with Gasteiger partial charge in [0.1, 0.15) is 18.3 Å². The van der Waals surface area contributed by atoms with Gasteiger partial charge in [0, 0.05) is 24.5 Å². The van der Waals surface area contributed by atoms with E-state index in [4.69, 9.17) is 16.3 Å². The van der Waals surface area contributed by atoms with Crippen molar-refractivity contribution in [2.45, 2.75) is 44.7 Å². The molecule has 0 radical (unpaired) electrons. The maximum Gasteiger partial charge on any atom is 0.264 e. The van der Waals surface area contributed by atoms with Gasteiger partial charge in [0.15, 0.2) is 0 Å². The van der Waals surface area contributed by atoms with E-state index in [0.29, 0.717) is 17.3 Å². The highest BCUT2D eigenvalue weighted by Crippen LogP contribution is 2.27. The van der Waals surface area contributed by atoms with Crippen LogP contribution in [0.25, 0.3) is 0 Å². The number of sulfonamides is 1. The van der Waals surface area contributed by atoms with E-state index in [1.807, 2.05) is 75.4 Å². The van der Waals surface area contributed by atoms with Crippen molar-refractivity contribution in [3.8, 4) is 5.75 Å². The van der Waals surface area contributed by atoms with Crippen molar-refractivity contribution in [3.05, 3.63) is 125 Å². The van der Waals surface area contributed by atoms with Gasteiger partial charge in [0.2, 0.25) is 11.8 Å². The largest absolute Gasteiger partial charge is 0.497 e. The first-order valence-corrected chi connectivity index (χ1v) is 16.9. The molecule has 0 bridgehead atoms. The van der Waals surface area contributed by atoms with Crippen LogP contribution in [0.15, 0.2) is 108 Å². The fourth-order valence-corrected chi connectivity index (χ4v) is 6.50. The number of nitrogens with zero attached hydrogens (tertiary/aromatic N) is 2. The average molecular weight is 662 g/mol. The topological polar surface area (TPSA) is 96.0 Å². The minimum absolute atomic E-state index is 0.0167. The molecule has 0 spiro atoms. The zero-order valence-corrected chi connectivity index (χ0v) is 28.1. The summed E-state index contributed by atoms with van der Waals surface area (Å²) in [6.07, 6.45) is 0.245. The van der Waals surface area contributed by atoms with Crippen LogP contribution >= 0.6 is 11.6 Å². The molecule has 4 rings (SSSR count). The molecule has 0 aromatic heterocycles. The minimum Gasteiger partial charge on any atom is -0.497 e. The molecular weight excluding hydrogens is 622 g/mol. The first-order valence-electron chi connectivity index (χ1n) is 15.1. The second-order valence-electron chi connectivity index (χ2n) is 11.5. The molecule has 0 unspecified atom stereocenters. The van der Waals surface area contributed by atoms with Crippen molar-refractivity contribution in [1.82, 2.24) is 10.2 Å². The van der Waals surface area contributed by atoms with Crippen LogP contribution in [0.5, 0.6) is 5.75 Å². The third-order valence-electron chi connectivity index (χ3n) is 7.60. The molecule has 0 fully saturated rings. The van der Waals surface area contributed by atoms with Crippen LogP contribution < -0.4 is 14.4 Å². The van der Waals surface area contributed by atoms with Crippen LogP contribution in [-0.4, -0.2) is 51.4 Å². The maximum atomic E-state index is 14.6. The number of carbonyl (C=O) groups excluding carboxylic acids is 2. The predicted molar refractivity (Wildman–Crippen MR) is 182 cm³/mol. The van der Waals surface area contributed by atoms with Gasteiger partial charge in [-0.05, 0) is 78.1 Å². The third kappa shape index (κ3) is 8.89. The maximum absolute atomic E-state index is 14.6. The van der Waals surface area contributed by atoms with Crippen molar-refractivity contribution in [2.24, 2.45) is 5.92 Å². The SMILES string of the molecule is COc1ccc(S(=O)(=O)N(CC(=O)N(Cc2ccccc2C)[C@H](Cc2ccccc2)C(=O)NCC(C)C)c2ccc(Cl)cc2)cc1. The molecule has 0 saturated carbocycles. The van der Waals surface area contributed by atoms with Crippen LogP contribution in [0.4, 0.5) is 5.69 Å². The quantitative estimate of drug-likeness (QED) is 0.172. The van der Waals surface area contributed by atoms with Gasteiger partial charge in [0.25, 0.3) is 10.0 Å². The van der Waals surface area contributed by atoms with Crippen LogP contribution in [0.3, 0.4) is 0 Å². The molecule has 0 aliphatic carbocycles. The Labute approximate surface area is 277 Å². The van der Waals surface area contributed by atoms with E-state index in [9.17, 15) is 18.0 Å². The van der Waals surface area contributed by atoms with Gasteiger partial charge in [-0.3, -0.25) is 13.9 Å². The first kappa shape index (κ1) is 34.5. The zero-order chi connectivity index (χ0) is 33.3. The van der Waals surface area contributed by atoms with Crippen LogP contribution in [0, 0.1) is 12.8 Å². The molecule has 0 saturated heterocycles. The number of methoxy groups -OCH3 is 1. The lowest BCUT2D eigenvalue weighted by Crippen LogP contribution is -2.53. The number of ether oxygens (including phenoxy) is 1. The molecule has 4 aromatic carbocycles. The van der Waals surface area contributed by atoms with Gasteiger partial charge >= 0.3 is 0 Å². The van der Waals surface area contributed by atoms with E-state index >= 15 is 0 Å². The van der Waals surface area contributed by atoms with E-state index < -0.39 is 28.5 Å². The molecule has 8 nitrogen and oxygen atoms in total.